The molecule has 1 heterocycles. The molecule has 3 rings (SSSR count). The van der Waals surface area contributed by atoms with Gasteiger partial charge in [-0.2, -0.15) is 5.26 Å². The highest BCUT2D eigenvalue weighted by Gasteiger charge is 2.67. The highest BCUT2D eigenvalue weighted by Crippen LogP contribution is 2.58. The second-order valence-corrected chi connectivity index (χ2v) is 10.4. The van der Waals surface area contributed by atoms with E-state index in [2.05, 4.69) is 59.7 Å². The zero-order chi connectivity index (χ0) is 23.1. The summed E-state index contributed by atoms with van der Waals surface area (Å²) in [6, 6.07) is 7.51. The van der Waals surface area contributed by atoms with Crippen LogP contribution in [0.25, 0.3) is 0 Å². The van der Waals surface area contributed by atoms with Gasteiger partial charge in [0.25, 0.3) is 5.91 Å². The predicted molar refractivity (Wildman–Crippen MR) is 127 cm³/mol. The minimum atomic E-state index is -0.280. The summed E-state index contributed by atoms with van der Waals surface area (Å²) in [6.45, 7) is 12.8. The Morgan fingerprint density at radius 2 is 1.94 bits per heavy atom. The van der Waals surface area contributed by atoms with Gasteiger partial charge in [0.1, 0.15) is 17.9 Å². The first-order valence-corrected chi connectivity index (χ1v) is 11.1. The molecular weight excluding hydrogens is 456 g/mol. The minimum Gasteiger partial charge on any atom is -0.489 e. The van der Waals surface area contributed by atoms with Gasteiger partial charge in [-0.3, -0.25) is 14.8 Å². The Bertz CT molecular complexity index is 1030. The fraction of sp³-hybridized carbons (Fsp3) is 0.500. The highest BCUT2D eigenvalue weighted by atomic mass is 79.9. The third-order valence-electron chi connectivity index (χ3n) is 6.23. The Balaban J connectivity index is 1.88. The fourth-order valence-electron chi connectivity index (χ4n) is 5.33. The first kappa shape index (κ1) is 23.2. The second kappa shape index (κ2) is 8.23. The van der Waals surface area contributed by atoms with E-state index in [4.69, 9.17) is 10.00 Å². The number of halogens is 1. The van der Waals surface area contributed by atoms with Crippen LogP contribution in [-0.4, -0.2) is 48.0 Å². The normalized spacial score (nSPS) is 26.5. The largest absolute Gasteiger partial charge is 0.489 e. The summed E-state index contributed by atoms with van der Waals surface area (Å²) in [4.78, 5) is 23.9. The zero-order valence-corrected chi connectivity index (χ0v) is 20.7. The van der Waals surface area contributed by atoms with E-state index >= 15 is 0 Å². The first-order chi connectivity index (χ1) is 14.4. The molecular formula is C24H29BrN4O2. The molecule has 6 nitrogen and oxygen atoms in total. The molecule has 2 fully saturated rings. The van der Waals surface area contributed by atoms with Gasteiger partial charge in [-0.25, -0.2) is 0 Å². The summed E-state index contributed by atoms with van der Waals surface area (Å²) in [5.41, 5.74) is 2.23. The third-order valence-corrected chi connectivity index (χ3v) is 6.89. The van der Waals surface area contributed by atoms with E-state index < -0.39 is 0 Å². The van der Waals surface area contributed by atoms with Crippen molar-refractivity contribution in [2.75, 3.05) is 13.6 Å². The average Bonchev–Trinajstić information content (AvgIpc) is 2.99. The van der Waals surface area contributed by atoms with Crippen LogP contribution in [-0.2, 0) is 4.79 Å². The summed E-state index contributed by atoms with van der Waals surface area (Å²) >= 11 is 3.43. The van der Waals surface area contributed by atoms with Crippen molar-refractivity contribution in [3.8, 4) is 11.8 Å². The molecule has 0 atom stereocenters. The van der Waals surface area contributed by atoms with Crippen LogP contribution in [0.3, 0.4) is 0 Å². The number of carbonyl (C=O) groups is 1. The quantitative estimate of drug-likeness (QED) is 0.455. The van der Waals surface area contributed by atoms with Crippen molar-refractivity contribution in [2.24, 2.45) is 20.8 Å². The molecule has 7 heteroatoms. The number of amides is 1. The Labute approximate surface area is 192 Å². The number of nitriles is 1. The van der Waals surface area contributed by atoms with Crippen molar-refractivity contribution in [1.29, 1.82) is 5.26 Å². The highest BCUT2D eigenvalue weighted by molar-refractivity contribution is 9.10. The van der Waals surface area contributed by atoms with Crippen LogP contribution in [0.4, 0.5) is 0 Å². The molecule has 164 valence electrons. The number of hydrogen-bond acceptors (Lipinski definition) is 5. The summed E-state index contributed by atoms with van der Waals surface area (Å²) < 4.78 is 7.11. The number of likely N-dealkylation sites (tertiary alicyclic amines) is 1. The lowest BCUT2D eigenvalue weighted by molar-refractivity contribution is -0.206. The lowest BCUT2D eigenvalue weighted by atomic mass is 9.49. The number of ether oxygens (including phenoxy) is 1. The van der Waals surface area contributed by atoms with E-state index in [1.165, 1.54) is 0 Å². The Morgan fingerprint density at radius 1 is 1.29 bits per heavy atom. The van der Waals surface area contributed by atoms with Gasteiger partial charge in [0.15, 0.2) is 0 Å². The van der Waals surface area contributed by atoms with E-state index in [-0.39, 0.29) is 28.9 Å². The number of aliphatic imine (C=N–C) groups is 2. The molecule has 0 N–H and O–H groups in total. The first-order valence-electron chi connectivity index (χ1n) is 10.3. The van der Waals surface area contributed by atoms with Crippen molar-refractivity contribution < 1.29 is 9.53 Å². The zero-order valence-electron chi connectivity index (χ0n) is 19.2. The topological polar surface area (TPSA) is 78.0 Å². The fourth-order valence-corrected chi connectivity index (χ4v) is 5.78. The van der Waals surface area contributed by atoms with Crippen LogP contribution in [0.2, 0.25) is 0 Å². The number of nitrogens with zero attached hydrogens (tertiary/aromatic N) is 4. The molecule has 0 bridgehead atoms. The third kappa shape index (κ3) is 3.94. The monoisotopic (exact) mass is 484 g/mol. The minimum absolute atomic E-state index is 0.0197. The molecule has 1 saturated carbocycles. The lowest BCUT2D eigenvalue weighted by Gasteiger charge is -2.65. The Hall–Kier alpha value is -2.46. The van der Waals surface area contributed by atoms with Gasteiger partial charge in [0.05, 0.1) is 23.4 Å². The molecule has 1 amide bonds. The number of hydrogen-bond donors (Lipinski definition) is 0. The van der Waals surface area contributed by atoms with Crippen molar-refractivity contribution in [1.82, 2.24) is 4.90 Å². The van der Waals surface area contributed by atoms with Crippen LogP contribution in [0, 0.1) is 22.2 Å². The molecule has 0 spiro atoms. The molecule has 1 aromatic rings. The number of benzene rings is 1. The molecule has 1 aliphatic carbocycles. The summed E-state index contributed by atoms with van der Waals surface area (Å²) in [7, 11) is 1.72. The Morgan fingerprint density at radius 3 is 2.45 bits per heavy atom. The Kier molecular flexibility index (Phi) is 6.16. The summed E-state index contributed by atoms with van der Waals surface area (Å²) in [6.07, 6.45) is 1.53. The lowest BCUT2D eigenvalue weighted by Crippen LogP contribution is -2.74. The van der Waals surface area contributed by atoms with Gasteiger partial charge < -0.3 is 9.64 Å². The van der Waals surface area contributed by atoms with E-state index in [1.807, 2.05) is 30.9 Å². The molecule has 0 radical (unpaired) electrons. The van der Waals surface area contributed by atoms with Gasteiger partial charge in [-0.15, -0.1) is 0 Å². The average molecular weight is 485 g/mol. The van der Waals surface area contributed by atoms with Crippen LogP contribution in [0.15, 0.2) is 44.4 Å². The standard InChI is InChI=1S/C24H29BrN4O2/c1-14(2)28-12-17-19(27-7)13-29(20(17)30)21-23(3,4)22(24(21,5)6)31-16-9-8-15(11-26)18(25)10-16/h8-10,12,21-22H,13H2,1-7H3/b17-12+,27-19?. The smallest absolute Gasteiger partial charge is 0.257 e. The second-order valence-electron chi connectivity index (χ2n) is 9.52. The molecule has 0 aromatic heterocycles. The van der Waals surface area contributed by atoms with Crippen molar-refractivity contribution in [3.05, 3.63) is 40.0 Å². The van der Waals surface area contributed by atoms with Crippen LogP contribution in [0.1, 0.15) is 47.1 Å². The summed E-state index contributed by atoms with van der Waals surface area (Å²) in [5.74, 6) is 0.670. The van der Waals surface area contributed by atoms with Gasteiger partial charge in [-0.1, -0.05) is 27.7 Å². The van der Waals surface area contributed by atoms with Gasteiger partial charge >= 0.3 is 0 Å². The molecule has 1 aliphatic heterocycles. The van der Waals surface area contributed by atoms with Crippen LogP contribution >= 0.6 is 15.9 Å². The maximum atomic E-state index is 13.3. The van der Waals surface area contributed by atoms with Crippen LogP contribution < -0.4 is 4.74 Å². The predicted octanol–water partition coefficient (Wildman–Crippen LogP) is 4.78. The number of rotatable bonds is 4. The van der Waals surface area contributed by atoms with Gasteiger partial charge in [0, 0.05) is 40.3 Å². The summed E-state index contributed by atoms with van der Waals surface area (Å²) in [5, 5.41) is 9.15. The SMILES string of the molecule is CN=C1CN(C2C(C)(C)C(Oc3ccc(C#N)c(Br)c3)C2(C)C)C(=O)/C1=C/N=C(C)C. The van der Waals surface area contributed by atoms with E-state index in [1.54, 1.807) is 19.3 Å². The molecule has 0 unspecified atom stereocenters. The van der Waals surface area contributed by atoms with Crippen molar-refractivity contribution in [3.63, 3.8) is 0 Å². The van der Waals surface area contributed by atoms with Crippen molar-refractivity contribution >= 4 is 33.3 Å². The van der Waals surface area contributed by atoms with Gasteiger partial charge in [0.2, 0.25) is 0 Å². The molecule has 1 aromatic carbocycles. The van der Waals surface area contributed by atoms with E-state index in [0.717, 1.165) is 11.4 Å². The van der Waals surface area contributed by atoms with Crippen molar-refractivity contribution in [2.45, 2.75) is 53.7 Å². The van der Waals surface area contributed by atoms with Crippen LogP contribution in [0.5, 0.6) is 5.75 Å². The maximum Gasteiger partial charge on any atom is 0.257 e. The van der Waals surface area contributed by atoms with E-state index in [0.29, 0.717) is 27.9 Å². The molecule has 31 heavy (non-hydrogen) atoms. The van der Waals surface area contributed by atoms with Gasteiger partial charge in [-0.05, 0) is 48.0 Å². The number of carbonyl (C=O) groups excluding carboxylic acids is 1. The molecule has 2 aliphatic rings. The van der Waals surface area contributed by atoms with E-state index in [9.17, 15) is 4.79 Å². The molecule has 1 saturated heterocycles. The maximum absolute atomic E-state index is 13.3.